The highest BCUT2D eigenvalue weighted by molar-refractivity contribution is 5.88. The van der Waals surface area contributed by atoms with Crippen molar-refractivity contribution in [1.29, 1.82) is 0 Å². The van der Waals surface area contributed by atoms with Gasteiger partial charge in [-0.15, -0.1) is 0 Å². The van der Waals surface area contributed by atoms with Crippen molar-refractivity contribution in [3.63, 3.8) is 0 Å². The van der Waals surface area contributed by atoms with E-state index >= 15 is 0 Å². The fraction of sp³-hybridized carbons (Fsp3) is 0.211. The summed E-state index contributed by atoms with van der Waals surface area (Å²) in [6, 6.07) is 15.3. The van der Waals surface area contributed by atoms with Gasteiger partial charge in [-0.2, -0.15) is 5.10 Å². The second-order valence-electron chi connectivity index (χ2n) is 5.86. The highest BCUT2D eigenvalue weighted by Crippen LogP contribution is 2.13. The number of benzene rings is 2. The molecule has 0 aliphatic carbocycles. The molecule has 5 heteroatoms. The first-order valence-corrected chi connectivity index (χ1v) is 7.82. The first-order valence-electron chi connectivity index (χ1n) is 7.82. The quantitative estimate of drug-likeness (QED) is 0.800. The Labute approximate surface area is 139 Å². The van der Waals surface area contributed by atoms with Crippen molar-refractivity contribution in [3.8, 4) is 0 Å². The standard InChI is InChI=1S/C19H19N3O2/c1-13-7-9-14(10-8-13)12-20-18(23)11-17-15-5-3-4-6-16(15)19(24)22(2)21-17/h3-10H,11-12H2,1-2H3,(H,20,23). The number of amides is 1. The predicted molar refractivity (Wildman–Crippen MR) is 93.7 cm³/mol. The lowest BCUT2D eigenvalue weighted by Gasteiger charge is -2.09. The van der Waals surface area contributed by atoms with Gasteiger partial charge in [-0.1, -0.05) is 48.0 Å². The third-order valence-corrected chi connectivity index (χ3v) is 3.97. The lowest BCUT2D eigenvalue weighted by atomic mass is 10.1. The molecule has 122 valence electrons. The van der Waals surface area contributed by atoms with Gasteiger partial charge in [0.05, 0.1) is 17.5 Å². The van der Waals surface area contributed by atoms with Crippen LogP contribution in [0.5, 0.6) is 0 Å². The van der Waals surface area contributed by atoms with Gasteiger partial charge >= 0.3 is 0 Å². The summed E-state index contributed by atoms with van der Waals surface area (Å²) < 4.78 is 1.28. The molecule has 0 radical (unpaired) electrons. The van der Waals surface area contributed by atoms with Crippen LogP contribution in [0.25, 0.3) is 10.8 Å². The minimum atomic E-state index is -0.158. The van der Waals surface area contributed by atoms with E-state index in [0.29, 0.717) is 17.6 Å². The molecule has 1 N–H and O–H groups in total. The van der Waals surface area contributed by atoms with E-state index in [1.807, 2.05) is 49.4 Å². The average Bonchev–Trinajstić information content (AvgIpc) is 2.59. The van der Waals surface area contributed by atoms with Gasteiger partial charge in [-0.05, 0) is 18.6 Å². The summed E-state index contributed by atoms with van der Waals surface area (Å²) in [4.78, 5) is 24.4. The maximum Gasteiger partial charge on any atom is 0.274 e. The number of hydrogen-bond acceptors (Lipinski definition) is 3. The van der Waals surface area contributed by atoms with E-state index in [1.165, 1.54) is 10.2 Å². The third kappa shape index (κ3) is 3.35. The van der Waals surface area contributed by atoms with E-state index in [9.17, 15) is 9.59 Å². The molecule has 0 aliphatic rings. The van der Waals surface area contributed by atoms with Crippen molar-refractivity contribution in [2.24, 2.45) is 7.05 Å². The fourth-order valence-corrected chi connectivity index (χ4v) is 2.63. The number of carbonyl (C=O) groups excluding carboxylic acids is 1. The lowest BCUT2D eigenvalue weighted by molar-refractivity contribution is -0.120. The van der Waals surface area contributed by atoms with Crippen molar-refractivity contribution >= 4 is 16.7 Å². The van der Waals surface area contributed by atoms with Crippen LogP contribution in [0.4, 0.5) is 0 Å². The van der Waals surface area contributed by atoms with Gasteiger partial charge in [-0.3, -0.25) is 9.59 Å². The van der Waals surface area contributed by atoms with Crippen molar-refractivity contribution in [1.82, 2.24) is 15.1 Å². The maximum absolute atomic E-state index is 12.3. The number of aryl methyl sites for hydroxylation is 2. The molecule has 1 heterocycles. The van der Waals surface area contributed by atoms with Crippen LogP contribution in [0, 0.1) is 6.92 Å². The first kappa shape index (κ1) is 15.9. The molecule has 24 heavy (non-hydrogen) atoms. The molecule has 0 bridgehead atoms. The van der Waals surface area contributed by atoms with Crippen LogP contribution in [0.3, 0.4) is 0 Å². The number of aromatic nitrogens is 2. The molecule has 5 nitrogen and oxygen atoms in total. The predicted octanol–water partition coefficient (Wildman–Crippen LogP) is 2.10. The molecule has 3 aromatic rings. The molecule has 1 amide bonds. The molecule has 0 aliphatic heterocycles. The van der Waals surface area contributed by atoms with Crippen LogP contribution < -0.4 is 10.9 Å². The Hall–Kier alpha value is -2.95. The summed E-state index contributed by atoms with van der Waals surface area (Å²) in [7, 11) is 1.60. The zero-order chi connectivity index (χ0) is 17.1. The average molecular weight is 321 g/mol. The minimum absolute atomic E-state index is 0.119. The van der Waals surface area contributed by atoms with Crippen LogP contribution >= 0.6 is 0 Å². The molecule has 0 saturated carbocycles. The minimum Gasteiger partial charge on any atom is -0.352 e. The monoisotopic (exact) mass is 321 g/mol. The number of carbonyl (C=O) groups is 1. The Balaban J connectivity index is 1.77. The molecular weight excluding hydrogens is 302 g/mol. The van der Waals surface area contributed by atoms with Gasteiger partial charge in [0.1, 0.15) is 0 Å². The molecule has 0 unspecified atom stereocenters. The molecule has 1 aromatic heterocycles. The van der Waals surface area contributed by atoms with Gasteiger partial charge in [0.25, 0.3) is 5.56 Å². The van der Waals surface area contributed by atoms with Crippen molar-refractivity contribution < 1.29 is 4.79 Å². The van der Waals surface area contributed by atoms with E-state index < -0.39 is 0 Å². The van der Waals surface area contributed by atoms with E-state index in [2.05, 4.69) is 10.4 Å². The van der Waals surface area contributed by atoms with E-state index in [4.69, 9.17) is 0 Å². The van der Waals surface area contributed by atoms with Gasteiger partial charge in [0, 0.05) is 19.0 Å². The van der Waals surface area contributed by atoms with Crippen LogP contribution in [-0.2, 0) is 24.8 Å². The summed E-state index contributed by atoms with van der Waals surface area (Å²) in [6.07, 6.45) is 0.139. The van der Waals surface area contributed by atoms with Crippen LogP contribution in [0.15, 0.2) is 53.3 Å². The Bertz CT molecular complexity index is 943. The van der Waals surface area contributed by atoms with Crippen LogP contribution in [0.1, 0.15) is 16.8 Å². The Morgan fingerprint density at radius 2 is 1.75 bits per heavy atom. The number of hydrogen-bond donors (Lipinski definition) is 1. The van der Waals surface area contributed by atoms with Crippen molar-refractivity contribution in [2.45, 2.75) is 19.9 Å². The Morgan fingerprint density at radius 1 is 1.08 bits per heavy atom. The Kier molecular flexibility index (Phi) is 4.42. The summed E-state index contributed by atoms with van der Waals surface area (Å²) >= 11 is 0. The smallest absolute Gasteiger partial charge is 0.274 e. The largest absolute Gasteiger partial charge is 0.352 e. The molecular formula is C19H19N3O2. The molecule has 0 spiro atoms. The van der Waals surface area contributed by atoms with Gasteiger partial charge in [0.15, 0.2) is 0 Å². The summed E-state index contributed by atoms with van der Waals surface area (Å²) in [5, 5.41) is 8.46. The van der Waals surface area contributed by atoms with E-state index in [1.54, 1.807) is 13.1 Å². The zero-order valence-electron chi connectivity index (χ0n) is 13.7. The molecule has 0 saturated heterocycles. The zero-order valence-corrected chi connectivity index (χ0v) is 13.7. The second kappa shape index (κ2) is 6.66. The molecule has 3 rings (SSSR count). The highest BCUT2D eigenvalue weighted by Gasteiger charge is 2.12. The highest BCUT2D eigenvalue weighted by atomic mass is 16.1. The van der Waals surface area contributed by atoms with Gasteiger partial charge in [0.2, 0.25) is 5.91 Å². The second-order valence-corrected chi connectivity index (χ2v) is 5.86. The number of rotatable bonds is 4. The number of nitrogens with zero attached hydrogens (tertiary/aromatic N) is 2. The van der Waals surface area contributed by atoms with Gasteiger partial charge in [-0.25, -0.2) is 4.68 Å². The van der Waals surface area contributed by atoms with E-state index in [0.717, 1.165) is 10.9 Å². The molecule has 0 atom stereocenters. The normalized spacial score (nSPS) is 10.8. The molecule has 0 fully saturated rings. The SMILES string of the molecule is Cc1ccc(CNC(=O)Cc2nn(C)c(=O)c3ccccc23)cc1. The summed E-state index contributed by atoms with van der Waals surface area (Å²) in [5.74, 6) is -0.119. The van der Waals surface area contributed by atoms with Gasteiger partial charge < -0.3 is 5.32 Å². The van der Waals surface area contributed by atoms with E-state index in [-0.39, 0.29) is 17.9 Å². The Morgan fingerprint density at radius 3 is 2.46 bits per heavy atom. The van der Waals surface area contributed by atoms with Crippen LogP contribution in [-0.4, -0.2) is 15.7 Å². The number of nitrogens with one attached hydrogen (secondary N) is 1. The fourth-order valence-electron chi connectivity index (χ4n) is 2.63. The third-order valence-electron chi connectivity index (χ3n) is 3.97. The lowest BCUT2D eigenvalue weighted by Crippen LogP contribution is -2.27. The summed E-state index contributed by atoms with van der Waals surface area (Å²) in [6.45, 7) is 2.50. The number of fused-ring (bicyclic) bond motifs is 1. The van der Waals surface area contributed by atoms with Crippen molar-refractivity contribution in [2.75, 3.05) is 0 Å². The maximum atomic E-state index is 12.3. The van der Waals surface area contributed by atoms with Crippen LogP contribution in [0.2, 0.25) is 0 Å². The topological polar surface area (TPSA) is 64.0 Å². The summed E-state index contributed by atoms with van der Waals surface area (Å²) in [5.41, 5.74) is 2.68. The van der Waals surface area contributed by atoms with Crippen molar-refractivity contribution in [3.05, 3.63) is 75.7 Å². The first-order chi connectivity index (χ1) is 11.5. The molecule has 2 aromatic carbocycles.